The topological polar surface area (TPSA) is 0 Å². The summed E-state index contributed by atoms with van der Waals surface area (Å²) in [5.74, 6) is -0.410. The maximum atomic E-state index is 12.1. The molecule has 0 aromatic heterocycles. The van der Waals surface area contributed by atoms with Crippen molar-refractivity contribution >= 4 is 0 Å². The first-order valence-electron chi connectivity index (χ1n) is 3.28. The van der Waals surface area contributed by atoms with E-state index in [-0.39, 0.29) is 0 Å². The molecule has 10 heavy (non-hydrogen) atoms. The molecule has 0 aliphatic heterocycles. The lowest BCUT2D eigenvalue weighted by atomic mass is 10.1. The Morgan fingerprint density at radius 1 is 1.50 bits per heavy atom. The van der Waals surface area contributed by atoms with Crippen molar-refractivity contribution in [2.24, 2.45) is 0 Å². The maximum Gasteiger partial charge on any atom is 0.116 e. The molecule has 0 aromatic rings. The highest BCUT2D eigenvalue weighted by atomic mass is 19.1. The number of allylic oxidation sites excluding steroid dienone is 4. The van der Waals surface area contributed by atoms with E-state index in [1.807, 2.05) is 13.8 Å². The van der Waals surface area contributed by atoms with Crippen molar-refractivity contribution < 1.29 is 4.39 Å². The molecule has 0 nitrogen and oxygen atoms in total. The fourth-order valence-corrected chi connectivity index (χ4v) is 0.616. The highest BCUT2D eigenvalue weighted by Gasteiger charge is 1.93. The van der Waals surface area contributed by atoms with Gasteiger partial charge < -0.3 is 0 Å². The zero-order valence-electron chi connectivity index (χ0n) is 6.58. The van der Waals surface area contributed by atoms with E-state index >= 15 is 0 Å². The molecule has 0 aromatic carbocycles. The quantitative estimate of drug-likeness (QED) is 0.527. The molecule has 0 bridgehead atoms. The van der Waals surface area contributed by atoms with Crippen molar-refractivity contribution in [3.8, 4) is 0 Å². The summed E-state index contributed by atoms with van der Waals surface area (Å²) in [6.45, 7) is 10.7. The average Bonchev–Trinajstić information content (AvgIpc) is 1.85. The van der Waals surface area contributed by atoms with Crippen molar-refractivity contribution in [1.82, 2.24) is 0 Å². The number of halogens is 1. The molecule has 0 spiro atoms. The predicted octanol–water partition coefficient (Wildman–Crippen LogP) is 3.38. The van der Waals surface area contributed by atoms with Gasteiger partial charge in [0.1, 0.15) is 5.83 Å². The largest absolute Gasteiger partial charge is 0.208 e. The Hall–Kier alpha value is -0.850. The molecule has 1 heteroatoms. The third kappa shape index (κ3) is 3.23. The van der Waals surface area contributed by atoms with E-state index in [2.05, 4.69) is 13.2 Å². The second kappa shape index (κ2) is 4.04. The van der Waals surface area contributed by atoms with Crippen LogP contribution in [0, 0.1) is 0 Å². The Morgan fingerprint density at radius 2 is 2.00 bits per heavy atom. The maximum absolute atomic E-state index is 12.1. The molecule has 0 atom stereocenters. The first kappa shape index (κ1) is 9.15. The van der Waals surface area contributed by atoms with Crippen LogP contribution in [0.5, 0.6) is 0 Å². The minimum absolute atomic E-state index is 0.410. The van der Waals surface area contributed by atoms with Gasteiger partial charge in [-0.3, -0.25) is 0 Å². The van der Waals surface area contributed by atoms with E-state index in [4.69, 9.17) is 0 Å². The van der Waals surface area contributed by atoms with E-state index in [1.54, 1.807) is 0 Å². The Labute approximate surface area is 61.8 Å². The second-order valence-corrected chi connectivity index (χ2v) is 2.23. The smallest absolute Gasteiger partial charge is 0.116 e. The summed E-state index contributed by atoms with van der Waals surface area (Å²) in [6.07, 6.45) is 2.25. The molecule has 0 saturated heterocycles. The summed E-state index contributed by atoms with van der Waals surface area (Å²) in [5, 5.41) is 0. The molecule has 0 aliphatic rings. The van der Waals surface area contributed by atoms with Crippen LogP contribution in [0.1, 0.15) is 20.3 Å². The van der Waals surface area contributed by atoms with Gasteiger partial charge in [-0.15, -0.1) is 0 Å². The fraction of sp³-hybridized carbons (Fsp3) is 0.333. The van der Waals surface area contributed by atoms with Crippen molar-refractivity contribution in [2.45, 2.75) is 20.3 Å². The zero-order chi connectivity index (χ0) is 8.15. The molecular formula is C9H13F. The molecule has 0 unspecified atom stereocenters. The van der Waals surface area contributed by atoms with Gasteiger partial charge in [-0.25, -0.2) is 4.39 Å². The van der Waals surface area contributed by atoms with Crippen LogP contribution >= 0.6 is 0 Å². The van der Waals surface area contributed by atoms with Gasteiger partial charge in [0, 0.05) is 0 Å². The minimum Gasteiger partial charge on any atom is -0.208 e. The van der Waals surface area contributed by atoms with E-state index < -0.39 is 5.83 Å². The number of hydrogen-bond acceptors (Lipinski definition) is 0. The normalized spacial score (nSPS) is 11.3. The van der Waals surface area contributed by atoms with Crippen LogP contribution in [0.25, 0.3) is 0 Å². The van der Waals surface area contributed by atoms with Gasteiger partial charge in [0.25, 0.3) is 0 Å². The minimum atomic E-state index is -0.410. The van der Waals surface area contributed by atoms with Gasteiger partial charge >= 0.3 is 0 Å². The van der Waals surface area contributed by atoms with E-state index in [0.717, 1.165) is 17.6 Å². The van der Waals surface area contributed by atoms with E-state index in [9.17, 15) is 4.39 Å². The zero-order valence-corrected chi connectivity index (χ0v) is 6.58. The van der Waals surface area contributed by atoms with Gasteiger partial charge in [0.15, 0.2) is 0 Å². The van der Waals surface area contributed by atoms with E-state index in [1.165, 1.54) is 6.08 Å². The van der Waals surface area contributed by atoms with Crippen molar-refractivity contribution in [2.75, 3.05) is 0 Å². The van der Waals surface area contributed by atoms with Crippen molar-refractivity contribution in [3.63, 3.8) is 0 Å². The summed E-state index contributed by atoms with van der Waals surface area (Å²) >= 11 is 0. The van der Waals surface area contributed by atoms with Crippen LogP contribution < -0.4 is 0 Å². The molecule has 56 valence electrons. The van der Waals surface area contributed by atoms with Gasteiger partial charge in [-0.1, -0.05) is 25.7 Å². The van der Waals surface area contributed by atoms with Crippen molar-refractivity contribution in [1.29, 1.82) is 0 Å². The third-order valence-electron chi connectivity index (χ3n) is 1.36. The van der Waals surface area contributed by atoms with Crippen LogP contribution in [0.2, 0.25) is 0 Å². The predicted molar refractivity (Wildman–Crippen MR) is 43.4 cm³/mol. The SMILES string of the molecule is C=C(F)/C=C(/C)C(=C)CC. The first-order valence-corrected chi connectivity index (χ1v) is 3.28. The molecule has 0 heterocycles. The average molecular weight is 140 g/mol. The summed E-state index contributed by atoms with van der Waals surface area (Å²) in [6, 6.07) is 0. The summed E-state index contributed by atoms with van der Waals surface area (Å²) in [7, 11) is 0. The monoisotopic (exact) mass is 140 g/mol. The lowest BCUT2D eigenvalue weighted by Crippen LogP contribution is -1.80. The standard InChI is InChI=1S/C9H13F/c1-5-7(2)8(3)6-9(4)10/h6H,2,4-5H2,1,3H3/b8-6-. The lowest BCUT2D eigenvalue weighted by molar-refractivity contribution is 0.669. The second-order valence-electron chi connectivity index (χ2n) is 2.23. The Kier molecular flexibility index (Phi) is 3.70. The van der Waals surface area contributed by atoms with Gasteiger partial charge in [0.2, 0.25) is 0 Å². The Bertz CT molecular complexity index is 175. The van der Waals surface area contributed by atoms with Crippen molar-refractivity contribution in [3.05, 3.63) is 36.2 Å². The van der Waals surface area contributed by atoms with Crippen LogP contribution in [0.4, 0.5) is 4.39 Å². The van der Waals surface area contributed by atoms with Gasteiger partial charge in [-0.2, -0.15) is 0 Å². The Morgan fingerprint density at radius 3 is 2.30 bits per heavy atom. The molecule has 0 radical (unpaired) electrons. The lowest BCUT2D eigenvalue weighted by Gasteiger charge is -1.99. The molecule has 0 amide bonds. The number of rotatable bonds is 3. The molecule has 0 rings (SSSR count). The summed E-state index contributed by atoms with van der Waals surface area (Å²) in [5.41, 5.74) is 1.83. The summed E-state index contributed by atoms with van der Waals surface area (Å²) in [4.78, 5) is 0. The van der Waals surface area contributed by atoms with Crippen LogP contribution in [-0.2, 0) is 0 Å². The summed E-state index contributed by atoms with van der Waals surface area (Å²) < 4.78 is 12.1. The Balaban J connectivity index is 4.19. The molecule has 0 saturated carbocycles. The molecule has 0 N–H and O–H groups in total. The van der Waals surface area contributed by atoms with Crippen LogP contribution in [-0.4, -0.2) is 0 Å². The molecule has 0 fully saturated rings. The highest BCUT2D eigenvalue weighted by molar-refractivity contribution is 5.30. The van der Waals surface area contributed by atoms with Gasteiger partial charge in [0.05, 0.1) is 0 Å². The highest BCUT2D eigenvalue weighted by Crippen LogP contribution is 2.12. The third-order valence-corrected chi connectivity index (χ3v) is 1.36. The molecular weight excluding hydrogens is 127 g/mol. The van der Waals surface area contributed by atoms with E-state index in [0.29, 0.717) is 0 Å². The first-order chi connectivity index (χ1) is 4.57. The van der Waals surface area contributed by atoms with Crippen LogP contribution in [0.3, 0.4) is 0 Å². The van der Waals surface area contributed by atoms with Gasteiger partial charge in [-0.05, 0) is 25.0 Å². The number of hydrogen-bond donors (Lipinski definition) is 0. The fourth-order valence-electron chi connectivity index (χ4n) is 0.616. The van der Waals surface area contributed by atoms with Crippen LogP contribution in [0.15, 0.2) is 36.2 Å². The molecule has 0 aliphatic carbocycles.